The molecule has 0 radical (unpaired) electrons. The lowest BCUT2D eigenvalue weighted by atomic mass is 10.1. The third-order valence-corrected chi connectivity index (χ3v) is 7.07. The number of aromatic nitrogens is 1. The van der Waals surface area contributed by atoms with Gasteiger partial charge in [-0.2, -0.15) is 0 Å². The first-order valence-corrected chi connectivity index (χ1v) is 12.6. The van der Waals surface area contributed by atoms with E-state index >= 15 is 0 Å². The molecule has 0 aliphatic carbocycles. The van der Waals surface area contributed by atoms with Gasteiger partial charge in [-0.3, -0.25) is 14.5 Å². The average Bonchev–Trinajstić information content (AvgIpc) is 3.53. The van der Waals surface area contributed by atoms with Crippen molar-refractivity contribution in [2.24, 2.45) is 0 Å². The molecule has 0 spiro atoms. The second-order valence-electron chi connectivity index (χ2n) is 7.69. The number of amides is 2. The number of halogens is 1. The minimum Gasteiger partial charge on any atom is -0.350 e. The van der Waals surface area contributed by atoms with E-state index in [1.54, 1.807) is 17.4 Å². The highest BCUT2D eigenvalue weighted by Crippen LogP contribution is 2.29. The number of rotatable bonds is 6. The SMILES string of the molecule is O=C(Cn1cc(/C=C2\NC(=S)N(c3ccccc3)C2=O)c2cc(Br)ccc21)NCc1cccs1. The molecule has 6 nitrogen and oxygen atoms in total. The Kier molecular flexibility index (Phi) is 6.32. The number of hydrogen-bond donors (Lipinski definition) is 2. The molecule has 0 saturated carbocycles. The largest absolute Gasteiger partial charge is 0.350 e. The van der Waals surface area contributed by atoms with Crippen molar-refractivity contribution >= 4 is 79.1 Å². The number of nitrogens with zero attached hydrogens (tertiary/aromatic N) is 2. The zero-order chi connectivity index (χ0) is 23.7. The van der Waals surface area contributed by atoms with Gasteiger partial charge in [-0.25, -0.2) is 0 Å². The van der Waals surface area contributed by atoms with Crippen molar-refractivity contribution in [1.29, 1.82) is 0 Å². The van der Waals surface area contributed by atoms with E-state index in [0.29, 0.717) is 23.0 Å². The maximum atomic E-state index is 13.1. The Hall–Kier alpha value is -3.27. The molecule has 1 fully saturated rings. The zero-order valence-electron chi connectivity index (χ0n) is 17.8. The van der Waals surface area contributed by atoms with Gasteiger partial charge in [0.1, 0.15) is 12.2 Å². The second-order valence-corrected chi connectivity index (χ2v) is 10.0. The number of carbonyl (C=O) groups excluding carboxylic acids is 2. The van der Waals surface area contributed by atoms with Crippen LogP contribution in [0.5, 0.6) is 0 Å². The van der Waals surface area contributed by atoms with Gasteiger partial charge in [0, 0.05) is 32.0 Å². The summed E-state index contributed by atoms with van der Waals surface area (Å²) in [4.78, 5) is 28.3. The number of hydrogen-bond acceptors (Lipinski definition) is 4. The molecule has 2 aromatic carbocycles. The molecule has 0 atom stereocenters. The highest BCUT2D eigenvalue weighted by atomic mass is 79.9. The maximum absolute atomic E-state index is 13.1. The lowest BCUT2D eigenvalue weighted by Gasteiger charge is -2.13. The van der Waals surface area contributed by atoms with Crippen molar-refractivity contribution < 1.29 is 9.59 Å². The summed E-state index contributed by atoms with van der Waals surface area (Å²) in [6.07, 6.45) is 3.67. The van der Waals surface area contributed by atoms with Crippen LogP contribution in [-0.4, -0.2) is 21.5 Å². The van der Waals surface area contributed by atoms with E-state index in [1.807, 2.05) is 76.8 Å². The molecule has 2 aromatic heterocycles. The molecular formula is C25H19BrN4O2S2. The van der Waals surface area contributed by atoms with Crippen LogP contribution in [0.15, 0.2) is 82.4 Å². The van der Waals surface area contributed by atoms with Crippen LogP contribution < -0.4 is 15.5 Å². The summed E-state index contributed by atoms with van der Waals surface area (Å²) in [5.41, 5.74) is 2.81. The molecule has 0 bridgehead atoms. The number of thiocarbonyl (C=S) groups is 1. The molecule has 4 aromatic rings. The maximum Gasteiger partial charge on any atom is 0.281 e. The van der Waals surface area contributed by atoms with Gasteiger partial charge in [-0.05, 0) is 60.1 Å². The normalized spacial score (nSPS) is 14.7. The molecular weight excluding hydrogens is 532 g/mol. The molecule has 2 amide bonds. The Bertz CT molecular complexity index is 1430. The summed E-state index contributed by atoms with van der Waals surface area (Å²) in [5.74, 6) is -0.306. The third-order valence-electron chi connectivity index (χ3n) is 5.42. The van der Waals surface area contributed by atoms with Crippen LogP contribution in [0.1, 0.15) is 10.4 Å². The molecule has 170 valence electrons. The number of carbonyl (C=O) groups is 2. The quantitative estimate of drug-likeness (QED) is 0.260. The predicted molar refractivity (Wildman–Crippen MR) is 143 cm³/mol. The molecule has 2 N–H and O–H groups in total. The van der Waals surface area contributed by atoms with Crippen molar-refractivity contribution in [3.05, 3.63) is 92.9 Å². The van der Waals surface area contributed by atoms with E-state index in [-0.39, 0.29) is 18.4 Å². The number of para-hydroxylation sites is 1. The number of thiophene rings is 1. The van der Waals surface area contributed by atoms with Gasteiger partial charge >= 0.3 is 0 Å². The van der Waals surface area contributed by atoms with Gasteiger partial charge in [-0.15, -0.1) is 11.3 Å². The Balaban J connectivity index is 1.44. The Morgan fingerprint density at radius 1 is 1.15 bits per heavy atom. The first kappa shape index (κ1) is 22.5. The minimum atomic E-state index is -0.221. The number of anilines is 1. The molecule has 1 aliphatic heterocycles. The first-order valence-electron chi connectivity index (χ1n) is 10.5. The minimum absolute atomic E-state index is 0.0843. The van der Waals surface area contributed by atoms with Crippen LogP contribution >= 0.6 is 39.5 Å². The molecule has 1 aliphatic rings. The Labute approximate surface area is 214 Å². The van der Waals surface area contributed by atoms with E-state index in [0.717, 1.165) is 25.8 Å². The van der Waals surface area contributed by atoms with E-state index in [2.05, 4.69) is 26.6 Å². The van der Waals surface area contributed by atoms with Gasteiger partial charge in [0.25, 0.3) is 5.91 Å². The van der Waals surface area contributed by atoms with Gasteiger partial charge in [-0.1, -0.05) is 40.2 Å². The topological polar surface area (TPSA) is 66.4 Å². The van der Waals surface area contributed by atoms with E-state index in [4.69, 9.17) is 12.2 Å². The molecule has 0 unspecified atom stereocenters. The van der Waals surface area contributed by atoms with Crippen molar-refractivity contribution in [2.75, 3.05) is 4.90 Å². The summed E-state index contributed by atoms with van der Waals surface area (Å²) in [7, 11) is 0. The molecule has 3 heterocycles. The van der Waals surface area contributed by atoms with Crippen LogP contribution in [-0.2, 0) is 22.7 Å². The molecule has 1 saturated heterocycles. The summed E-state index contributed by atoms with van der Waals surface area (Å²) in [5, 5.41) is 9.24. The van der Waals surface area contributed by atoms with E-state index < -0.39 is 0 Å². The lowest BCUT2D eigenvalue weighted by molar-refractivity contribution is -0.121. The molecule has 5 rings (SSSR count). The van der Waals surface area contributed by atoms with Gasteiger partial charge in [0.15, 0.2) is 5.11 Å². The summed E-state index contributed by atoms with van der Waals surface area (Å²) >= 11 is 10.6. The second kappa shape index (κ2) is 9.54. The summed E-state index contributed by atoms with van der Waals surface area (Å²) in [6.45, 7) is 0.673. The molecule has 9 heteroatoms. The Morgan fingerprint density at radius 2 is 1.97 bits per heavy atom. The van der Waals surface area contributed by atoms with Gasteiger partial charge in [0.05, 0.1) is 12.2 Å². The van der Waals surface area contributed by atoms with Crippen molar-refractivity contribution in [1.82, 2.24) is 15.2 Å². The monoisotopic (exact) mass is 550 g/mol. The Morgan fingerprint density at radius 3 is 2.74 bits per heavy atom. The van der Waals surface area contributed by atoms with Gasteiger partial charge in [0.2, 0.25) is 5.91 Å². The van der Waals surface area contributed by atoms with Crippen LogP contribution in [0.25, 0.3) is 17.0 Å². The number of benzene rings is 2. The van der Waals surface area contributed by atoms with E-state index in [1.165, 1.54) is 4.90 Å². The van der Waals surface area contributed by atoms with Crippen LogP contribution in [0, 0.1) is 0 Å². The van der Waals surface area contributed by atoms with Gasteiger partial charge < -0.3 is 15.2 Å². The summed E-state index contributed by atoms with van der Waals surface area (Å²) < 4.78 is 2.80. The highest BCUT2D eigenvalue weighted by Gasteiger charge is 2.32. The predicted octanol–water partition coefficient (Wildman–Crippen LogP) is 5.04. The summed E-state index contributed by atoms with van der Waals surface area (Å²) in [6, 6.07) is 19.1. The van der Waals surface area contributed by atoms with Crippen molar-refractivity contribution in [2.45, 2.75) is 13.1 Å². The fourth-order valence-electron chi connectivity index (χ4n) is 3.85. The standard InChI is InChI=1S/C25H19BrN4O2S2/c26-17-8-9-22-20(12-17)16(14-29(22)15-23(31)27-13-19-7-4-10-34-19)11-21-24(32)30(25(33)28-21)18-5-2-1-3-6-18/h1-12,14H,13,15H2,(H,27,31)(H,28,33)/b21-11-. The van der Waals surface area contributed by atoms with Crippen molar-refractivity contribution in [3.63, 3.8) is 0 Å². The fraction of sp³-hybridized carbons (Fsp3) is 0.0800. The number of nitrogens with one attached hydrogen (secondary N) is 2. The van der Waals surface area contributed by atoms with Crippen LogP contribution in [0.2, 0.25) is 0 Å². The van der Waals surface area contributed by atoms with Crippen LogP contribution in [0.3, 0.4) is 0 Å². The third kappa shape index (κ3) is 4.54. The van der Waals surface area contributed by atoms with Crippen LogP contribution in [0.4, 0.5) is 5.69 Å². The zero-order valence-corrected chi connectivity index (χ0v) is 21.0. The smallest absolute Gasteiger partial charge is 0.281 e. The molecule has 34 heavy (non-hydrogen) atoms. The number of fused-ring (bicyclic) bond motifs is 1. The first-order chi connectivity index (χ1) is 16.5. The van der Waals surface area contributed by atoms with Crippen molar-refractivity contribution in [3.8, 4) is 0 Å². The highest BCUT2D eigenvalue weighted by molar-refractivity contribution is 9.10. The average molecular weight is 551 g/mol. The lowest BCUT2D eigenvalue weighted by Crippen LogP contribution is -2.30. The fourth-order valence-corrected chi connectivity index (χ4v) is 5.16. The van der Waals surface area contributed by atoms with E-state index in [9.17, 15) is 9.59 Å².